The molecule has 0 spiro atoms. The van der Waals surface area contributed by atoms with E-state index < -0.39 is 0 Å². The first-order chi connectivity index (χ1) is 12.0. The summed E-state index contributed by atoms with van der Waals surface area (Å²) in [6, 6.07) is 14.6. The standard InChI is InChI=1S/C19H18BrN3O2/c1-3-23-19(25)16-10-5-4-9-15(16)17(22-23)18(24)21-12(2)13-7-6-8-14(20)11-13/h4-12H,3H2,1-2H3,(H,21,24). The zero-order valence-electron chi connectivity index (χ0n) is 14.0. The summed E-state index contributed by atoms with van der Waals surface area (Å²) in [5.74, 6) is -0.300. The average Bonchev–Trinajstić information content (AvgIpc) is 2.62. The number of hydrogen-bond donors (Lipinski definition) is 1. The number of rotatable bonds is 4. The van der Waals surface area contributed by atoms with Gasteiger partial charge < -0.3 is 5.32 Å². The molecule has 1 amide bonds. The molecule has 0 aliphatic carbocycles. The number of aryl methyl sites for hydroxylation is 1. The molecule has 0 aliphatic heterocycles. The molecule has 0 saturated heterocycles. The highest BCUT2D eigenvalue weighted by molar-refractivity contribution is 9.10. The molecule has 0 radical (unpaired) electrons. The molecule has 1 aromatic heterocycles. The maximum Gasteiger partial charge on any atom is 0.274 e. The number of amides is 1. The number of nitrogens with zero attached hydrogens (tertiary/aromatic N) is 2. The van der Waals surface area contributed by atoms with Gasteiger partial charge in [0, 0.05) is 16.4 Å². The van der Waals surface area contributed by atoms with Crippen molar-refractivity contribution >= 4 is 32.6 Å². The van der Waals surface area contributed by atoms with E-state index in [0.717, 1.165) is 10.0 Å². The monoisotopic (exact) mass is 399 g/mol. The molecule has 2 aromatic carbocycles. The lowest BCUT2D eigenvalue weighted by atomic mass is 10.1. The molecule has 0 saturated carbocycles. The first-order valence-electron chi connectivity index (χ1n) is 8.07. The lowest BCUT2D eigenvalue weighted by Gasteiger charge is -2.16. The third-order valence-electron chi connectivity index (χ3n) is 4.08. The van der Waals surface area contributed by atoms with Crippen LogP contribution in [0.25, 0.3) is 10.8 Å². The van der Waals surface area contributed by atoms with Crippen molar-refractivity contribution in [3.05, 3.63) is 74.6 Å². The highest BCUT2D eigenvalue weighted by atomic mass is 79.9. The van der Waals surface area contributed by atoms with Gasteiger partial charge in [0.05, 0.1) is 11.4 Å². The molecule has 3 aromatic rings. The zero-order valence-corrected chi connectivity index (χ0v) is 15.6. The Labute approximate surface area is 153 Å². The van der Waals surface area contributed by atoms with Crippen molar-refractivity contribution in [1.29, 1.82) is 0 Å². The summed E-state index contributed by atoms with van der Waals surface area (Å²) in [5.41, 5.74) is 1.06. The Morgan fingerprint density at radius 1 is 1.20 bits per heavy atom. The van der Waals surface area contributed by atoms with Gasteiger partial charge in [0.25, 0.3) is 11.5 Å². The molecule has 0 fully saturated rings. The van der Waals surface area contributed by atoms with Crippen molar-refractivity contribution in [2.24, 2.45) is 0 Å². The summed E-state index contributed by atoms with van der Waals surface area (Å²) >= 11 is 3.44. The van der Waals surface area contributed by atoms with Gasteiger partial charge in [-0.2, -0.15) is 5.10 Å². The summed E-state index contributed by atoms with van der Waals surface area (Å²) < 4.78 is 2.27. The largest absolute Gasteiger partial charge is 0.344 e. The molecule has 1 unspecified atom stereocenters. The lowest BCUT2D eigenvalue weighted by molar-refractivity contribution is 0.0934. The van der Waals surface area contributed by atoms with Gasteiger partial charge in [0.1, 0.15) is 0 Å². The highest BCUT2D eigenvalue weighted by Gasteiger charge is 2.18. The van der Waals surface area contributed by atoms with Crippen LogP contribution in [0, 0.1) is 0 Å². The second-order valence-corrected chi connectivity index (χ2v) is 6.68. The first-order valence-corrected chi connectivity index (χ1v) is 8.86. The van der Waals surface area contributed by atoms with E-state index >= 15 is 0 Å². The fraction of sp³-hybridized carbons (Fsp3) is 0.211. The molecule has 3 rings (SSSR count). The number of halogens is 1. The zero-order chi connectivity index (χ0) is 18.0. The van der Waals surface area contributed by atoms with Crippen LogP contribution >= 0.6 is 15.9 Å². The molecule has 25 heavy (non-hydrogen) atoms. The van der Waals surface area contributed by atoms with Crippen molar-refractivity contribution in [2.45, 2.75) is 26.4 Å². The molecule has 0 bridgehead atoms. The Bertz CT molecular complexity index is 997. The highest BCUT2D eigenvalue weighted by Crippen LogP contribution is 2.19. The summed E-state index contributed by atoms with van der Waals surface area (Å²) in [6.07, 6.45) is 0. The number of fused-ring (bicyclic) bond motifs is 1. The van der Waals surface area contributed by atoms with Crippen LogP contribution in [0.1, 0.15) is 35.9 Å². The van der Waals surface area contributed by atoms with E-state index in [1.165, 1.54) is 4.68 Å². The Kier molecular flexibility index (Phi) is 4.99. The summed E-state index contributed by atoms with van der Waals surface area (Å²) in [4.78, 5) is 25.2. The van der Waals surface area contributed by atoms with E-state index in [9.17, 15) is 9.59 Å². The second-order valence-electron chi connectivity index (χ2n) is 5.77. The number of benzene rings is 2. The van der Waals surface area contributed by atoms with E-state index in [4.69, 9.17) is 0 Å². The molecule has 1 N–H and O–H groups in total. The fourth-order valence-corrected chi connectivity index (χ4v) is 3.16. The number of nitrogens with one attached hydrogen (secondary N) is 1. The molecule has 6 heteroatoms. The van der Waals surface area contributed by atoms with Crippen LogP contribution in [0.3, 0.4) is 0 Å². The third-order valence-corrected chi connectivity index (χ3v) is 4.57. The Morgan fingerprint density at radius 2 is 1.92 bits per heavy atom. The Hall–Kier alpha value is -2.47. The summed E-state index contributed by atoms with van der Waals surface area (Å²) in [6.45, 7) is 4.15. The van der Waals surface area contributed by atoms with E-state index in [0.29, 0.717) is 17.3 Å². The van der Waals surface area contributed by atoms with Gasteiger partial charge in [-0.15, -0.1) is 0 Å². The summed E-state index contributed by atoms with van der Waals surface area (Å²) in [5, 5.41) is 8.30. The van der Waals surface area contributed by atoms with Crippen molar-refractivity contribution in [3.63, 3.8) is 0 Å². The van der Waals surface area contributed by atoms with Gasteiger partial charge in [-0.05, 0) is 37.6 Å². The molecule has 1 atom stereocenters. The van der Waals surface area contributed by atoms with Gasteiger partial charge in [-0.1, -0.05) is 46.3 Å². The van der Waals surface area contributed by atoms with E-state index in [2.05, 4.69) is 26.3 Å². The minimum Gasteiger partial charge on any atom is -0.344 e. The fourth-order valence-electron chi connectivity index (χ4n) is 2.74. The van der Waals surface area contributed by atoms with Crippen LogP contribution in [-0.4, -0.2) is 15.7 Å². The molecular weight excluding hydrogens is 382 g/mol. The summed E-state index contributed by atoms with van der Waals surface area (Å²) in [7, 11) is 0. The van der Waals surface area contributed by atoms with Crippen LogP contribution in [0.4, 0.5) is 0 Å². The van der Waals surface area contributed by atoms with Gasteiger partial charge in [0.2, 0.25) is 0 Å². The van der Waals surface area contributed by atoms with E-state index in [1.54, 1.807) is 24.3 Å². The van der Waals surface area contributed by atoms with Crippen molar-refractivity contribution in [1.82, 2.24) is 15.1 Å². The predicted octanol–water partition coefficient (Wildman–Crippen LogP) is 3.67. The topological polar surface area (TPSA) is 64.0 Å². The van der Waals surface area contributed by atoms with Gasteiger partial charge >= 0.3 is 0 Å². The SMILES string of the molecule is CCn1nc(C(=O)NC(C)c2cccc(Br)c2)c2ccccc2c1=O. The van der Waals surface area contributed by atoms with Crippen molar-refractivity contribution < 1.29 is 4.79 Å². The van der Waals surface area contributed by atoms with E-state index in [1.807, 2.05) is 38.1 Å². The second kappa shape index (κ2) is 7.19. The molecule has 5 nitrogen and oxygen atoms in total. The average molecular weight is 400 g/mol. The van der Waals surface area contributed by atoms with Crippen LogP contribution in [0.15, 0.2) is 57.8 Å². The molecular formula is C19H18BrN3O2. The third kappa shape index (κ3) is 3.49. The van der Waals surface area contributed by atoms with Gasteiger partial charge in [-0.25, -0.2) is 4.68 Å². The van der Waals surface area contributed by atoms with Gasteiger partial charge in [-0.3, -0.25) is 9.59 Å². The minimum atomic E-state index is -0.300. The number of aromatic nitrogens is 2. The van der Waals surface area contributed by atoms with Crippen LogP contribution in [0.2, 0.25) is 0 Å². The molecule has 128 valence electrons. The van der Waals surface area contributed by atoms with Crippen molar-refractivity contribution in [2.75, 3.05) is 0 Å². The first kappa shape index (κ1) is 17.4. The van der Waals surface area contributed by atoms with Crippen LogP contribution in [0.5, 0.6) is 0 Å². The van der Waals surface area contributed by atoms with Crippen LogP contribution in [-0.2, 0) is 6.54 Å². The lowest BCUT2D eigenvalue weighted by Crippen LogP contribution is -2.31. The normalized spacial score (nSPS) is 12.1. The number of carbonyl (C=O) groups is 1. The Balaban J connectivity index is 2.00. The van der Waals surface area contributed by atoms with Gasteiger partial charge in [0.15, 0.2) is 5.69 Å². The van der Waals surface area contributed by atoms with Crippen LogP contribution < -0.4 is 10.9 Å². The number of carbonyl (C=O) groups excluding carboxylic acids is 1. The predicted molar refractivity (Wildman–Crippen MR) is 102 cm³/mol. The smallest absolute Gasteiger partial charge is 0.274 e. The molecule has 0 aliphatic rings. The maximum atomic E-state index is 12.8. The quantitative estimate of drug-likeness (QED) is 0.727. The molecule has 1 heterocycles. The number of hydrogen-bond acceptors (Lipinski definition) is 3. The van der Waals surface area contributed by atoms with Crippen molar-refractivity contribution in [3.8, 4) is 0 Å². The Morgan fingerprint density at radius 3 is 2.60 bits per heavy atom. The minimum absolute atomic E-state index is 0.185. The van der Waals surface area contributed by atoms with E-state index in [-0.39, 0.29) is 23.2 Å². The maximum absolute atomic E-state index is 12.8.